The third-order valence-corrected chi connectivity index (χ3v) is 2.49. The molecule has 0 aliphatic carbocycles. The van der Waals surface area contributed by atoms with Crippen molar-refractivity contribution < 1.29 is 9.53 Å². The fraction of sp³-hybridized carbons (Fsp3) is 0.385. The summed E-state index contributed by atoms with van der Waals surface area (Å²) >= 11 is 0. The fourth-order valence-corrected chi connectivity index (χ4v) is 1.52. The second kappa shape index (κ2) is 6.66. The SMILES string of the molecule is CCN(CC(=O)OC)Cc1cccc(C#N)c1. The van der Waals surface area contributed by atoms with Crippen LogP contribution in [0.25, 0.3) is 0 Å². The van der Waals surface area contributed by atoms with Crippen LogP contribution >= 0.6 is 0 Å². The summed E-state index contributed by atoms with van der Waals surface area (Å²) in [5.74, 6) is -0.247. The van der Waals surface area contributed by atoms with Gasteiger partial charge in [0.1, 0.15) is 0 Å². The van der Waals surface area contributed by atoms with E-state index in [9.17, 15) is 4.79 Å². The lowest BCUT2D eigenvalue weighted by Crippen LogP contribution is -2.29. The maximum Gasteiger partial charge on any atom is 0.319 e. The number of benzene rings is 1. The summed E-state index contributed by atoms with van der Waals surface area (Å²) in [6.07, 6.45) is 0. The average molecular weight is 232 g/mol. The van der Waals surface area contributed by atoms with Crippen LogP contribution in [0.4, 0.5) is 0 Å². The summed E-state index contributed by atoms with van der Waals surface area (Å²) in [5.41, 5.74) is 1.66. The maximum absolute atomic E-state index is 11.2. The van der Waals surface area contributed by atoms with Crippen LogP contribution in [0.15, 0.2) is 24.3 Å². The minimum absolute atomic E-state index is 0.247. The molecule has 0 heterocycles. The predicted octanol–water partition coefficient (Wildman–Crippen LogP) is 1.55. The summed E-state index contributed by atoms with van der Waals surface area (Å²) in [7, 11) is 1.38. The second-order valence-electron chi connectivity index (χ2n) is 3.69. The Kier molecular flexibility index (Phi) is 5.18. The number of methoxy groups -OCH3 is 1. The smallest absolute Gasteiger partial charge is 0.319 e. The molecule has 4 heteroatoms. The first-order valence-corrected chi connectivity index (χ1v) is 5.47. The van der Waals surface area contributed by atoms with Crippen molar-refractivity contribution in [3.05, 3.63) is 35.4 Å². The van der Waals surface area contributed by atoms with E-state index in [0.29, 0.717) is 12.1 Å². The number of hydrogen-bond acceptors (Lipinski definition) is 4. The van der Waals surface area contributed by atoms with Gasteiger partial charge in [0, 0.05) is 6.54 Å². The summed E-state index contributed by atoms with van der Waals surface area (Å²) in [6.45, 7) is 3.65. The Hall–Kier alpha value is -1.86. The maximum atomic E-state index is 11.2. The van der Waals surface area contributed by atoms with Gasteiger partial charge in [0.25, 0.3) is 0 Å². The van der Waals surface area contributed by atoms with Crippen molar-refractivity contribution in [3.63, 3.8) is 0 Å². The summed E-state index contributed by atoms with van der Waals surface area (Å²) < 4.78 is 4.63. The molecule has 0 saturated heterocycles. The highest BCUT2D eigenvalue weighted by atomic mass is 16.5. The second-order valence-corrected chi connectivity index (χ2v) is 3.69. The summed E-state index contributed by atoms with van der Waals surface area (Å²) in [4.78, 5) is 13.1. The Bertz CT molecular complexity index is 424. The fourth-order valence-electron chi connectivity index (χ4n) is 1.52. The number of ether oxygens (including phenoxy) is 1. The van der Waals surface area contributed by atoms with Gasteiger partial charge in [-0.25, -0.2) is 0 Å². The average Bonchev–Trinajstić information content (AvgIpc) is 2.37. The van der Waals surface area contributed by atoms with Gasteiger partial charge in [0.2, 0.25) is 0 Å². The molecular weight excluding hydrogens is 216 g/mol. The van der Waals surface area contributed by atoms with Crippen molar-refractivity contribution in [2.45, 2.75) is 13.5 Å². The third-order valence-electron chi connectivity index (χ3n) is 2.49. The predicted molar refractivity (Wildman–Crippen MR) is 64.1 cm³/mol. The van der Waals surface area contributed by atoms with E-state index in [0.717, 1.165) is 12.1 Å². The van der Waals surface area contributed by atoms with Crippen LogP contribution in [0.2, 0.25) is 0 Å². The van der Waals surface area contributed by atoms with Gasteiger partial charge < -0.3 is 4.74 Å². The van der Waals surface area contributed by atoms with E-state index in [2.05, 4.69) is 10.8 Å². The standard InChI is InChI=1S/C13H16N2O2/c1-3-15(10-13(16)17-2)9-12-6-4-5-11(7-12)8-14/h4-7H,3,9-10H2,1-2H3. The zero-order valence-corrected chi connectivity index (χ0v) is 10.1. The van der Waals surface area contributed by atoms with E-state index >= 15 is 0 Å². The van der Waals surface area contributed by atoms with Gasteiger partial charge in [-0.3, -0.25) is 9.69 Å². The Balaban J connectivity index is 2.67. The highest BCUT2D eigenvalue weighted by molar-refractivity contribution is 5.71. The number of rotatable bonds is 5. The van der Waals surface area contributed by atoms with Crippen molar-refractivity contribution >= 4 is 5.97 Å². The number of carbonyl (C=O) groups excluding carboxylic acids is 1. The van der Waals surface area contributed by atoms with Gasteiger partial charge in [0.15, 0.2) is 0 Å². The van der Waals surface area contributed by atoms with E-state index in [1.54, 1.807) is 6.07 Å². The summed E-state index contributed by atoms with van der Waals surface area (Å²) in [5, 5.41) is 8.80. The van der Waals surface area contributed by atoms with Gasteiger partial charge in [-0.2, -0.15) is 5.26 Å². The van der Waals surface area contributed by atoms with Gasteiger partial charge in [-0.1, -0.05) is 19.1 Å². The zero-order valence-electron chi connectivity index (χ0n) is 10.1. The molecule has 0 unspecified atom stereocenters. The van der Waals surface area contributed by atoms with Gasteiger partial charge in [-0.15, -0.1) is 0 Å². The lowest BCUT2D eigenvalue weighted by Gasteiger charge is -2.18. The molecule has 0 spiro atoms. The highest BCUT2D eigenvalue weighted by Gasteiger charge is 2.09. The molecule has 0 amide bonds. The van der Waals surface area contributed by atoms with Crippen LogP contribution in [-0.4, -0.2) is 31.1 Å². The van der Waals surface area contributed by atoms with Crippen LogP contribution < -0.4 is 0 Å². The number of likely N-dealkylation sites (N-methyl/N-ethyl adjacent to an activating group) is 1. The Morgan fingerprint density at radius 3 is 2.88 bits per heavy atom. The molecule has 0 aliphatic rings. The first-order chi connectivity index (χ1) is 8.19. The number of hydrogen-bond donors (Lipinski definition) is 0. The first kappa shape index (κ1) is 13.2. The quantitative estimate of drug-likeness (QED) is 0.723. The normalized spacial score (nSPS) is 10.0. The molecule has 0 aromatic heterocycles. The monoisotopic (exact) mass is 232 g/mol. The molecule has 0 N–H and O–H groups in total. The van der Waals surface area contributed by atoms with E-state index in [1.165, 1.54) is 7.11 Å². The lowest BCUT2D eigenvalue weighted by molar-refractivity contribution is -0.142. The van der Waals surface area contributed by atoms with Crippen LogP contribution in [0.5, 0.6) is 0 Å². The molecule has 1 rings (SSSR count). The van der Waals surface area contributed by atoms with Gasteiger partial charge in [0.05, 0.1) is 25.3 Å². The van der Waals surface area contributed by atoms with Crippen LogP contribution in [0.3, 0.4) is 0 Å². The minimum atomic E-state index is -0.247. The Morgan fingerprint density at radius 1 is 1.53 bits per heavy atom. The number of esters is 1. The van der Waals surface area contributed by atoms with E-state index in [4.69, 9.17) is 5.26 Å². The molecule has 90 valence electrons. The van der Waals surface area contributed by atoms with Crippen LogP contribution in [-0.2, 0) is 16.1 Å². The van der Waals surface area contributed by atoms with Gasteiger partial charge in [-0.05, 0) is 24.2 Å². The van der Waals surface area contributed by atoms with Crippen molar-refractivity contribution in [2.75, 3.05) is 20.2 Å². The molecule has 17 heavy (non-hydrogen) atoms. The molecule has 1 aromatic rings. The van der Waals surface area contributed by atoms with E-state index in [1.807, 2.05) is 30.0 Å². The topological polar surface area (TPSA) is 53.3 Å². The first-order valence-electron chi connectivity index (χ1n) is 5.47. The van der Waals surface area contributed by atoms with Crippen molar-refractivity contribution in [3.8, 4) is 6.07 Å². The molecule has 4 nitrogen and oxygen atoms in total. The molecule has 0 radical (unpaired) electrons. The highest BCUT2D eigenvalue weighted by Crippen LogP contribution is 2.07. The van der Waals surface area contributed by atoms with Crippen molar-refractivity contribution in [2.24, 2.45) is 0 Å². The van der Waals surface area contributed by atoms with Gasteiger partial charge >= 0.3 is 5.97 Å². The number of carbonyl (C=O) groups is 1. The molecule has 0 fully saturated rings. The van der Waals surface area contributed by atoms with E-state index < -0.39 is 0 Å². The number of nitrogens with zero attached hydrogens (tertiary/aromatic N) is 2. The Labute approximate surface area is 101 Å². The molecule has 0 saturated carbocycles. The molecule has 1 aromatic carbocycles. The van der Waals surface area contributed by atoms with Crippen LogP contribution in [0, 0.1) is 11.3 Å². The molecule has 0 atom stereocenters. The number of nitriles is 1. The minimum Gasteiger partial charge on any atom is -0.468 e. The third kappa shape index (κ3) is 4.25. The largest absolute Gasteiger partial charge is 0.468 e. The molecule has 0 bridgehead atoms. The van der Waals surface area contributed by atoms with E-state index in [-0.39, 0.29) is 12.5 Å². The summed E-state index contributed by atoms with van der Waals surface area (Å²) in [6, 6.07) is 9.49. The lowest BCUT2D eigenvalue weighted by atomic mass is 10.1. The molecular formula is C13H16N2O2. The zero-order chi connectivity index (χ0) is 12.7. The van der Waals surface area contributed by atoms with Crippen molar-refractivity contribution in [1.82, 2.24) is 4.90 Å². The van der Waals surface area contributed by atoms with Crippen molar-refractivity contribution in [1.29, 1.82) is 5.26 Å². The molecule has 0 aliphatic heterocycles. The Morgan fingerprint density at radius 2 is 2.29 bits per heavy atom. The van der Waals surface area contributed by atoms with Crippen LogP contribution in [0.1, 0.15) is 18.1 Å².